The van der Waals surface area contributed by atoms with Crippen LogP contribution >= 0.6 is 0 Å². The lowest BCUT2D eigenvalue weighted by molar-refractivity contribution is -0.116. The van der Waals surface area contributed by atoms with Gasteiger partial charge in [0.25, 0.3) is 5.95 Å². The van der Waals surface area contributed by atoms with Crippen molar-refractivity contribution in [3.05, 3.63) is 54.5 Å². The van der Waals surface area contributed by atoms with Crippen LogP contribution in [0, 0.1) is 0 Å². The zero-order valence-electron chi connectivity index (χ0n) is 19.6. The molecule has 0 fully saturated rings. The lowest BCUT2D eigenvalue weighted by Gasteiger charge is -2.17. The van der Waals surface area contributed by atoms with Gasteiger partial charge in [0.15, 0.2) is 0 Å². The van der Waals surface area contributed by atoms with E-state index in [1.807, 2.05) is 20.8 Å². The average molecular weight is 486 g/mol. The first-order valence-corrected chi connectivity index (χ1v) is 11.8. The highest BCUT2D eigenvalue weighted by Crippen LogP contribution is 2.25. The Hall–Kier alpha value is -3.64. The molecule has 0 unspecified atom stereocenters. The molecule has 3 rings (SSSR count). The minimum atomic E-state index is -3.94. The van der Waals surface area contributed by atoms with E-state index in [4.69, 9.17) is 0 Å². The Bertz CT molecular complexity index is 1280. The zero-order chi connectivity index (χ0) is 25.1. The first-order valence-electron chi connectivity index (χ1n) is 10.4. The van der Waals surface area contributed by atoms with Gasteiger partial charge in [0.1, 0.15) is 5.82 Å². The van der Waals surface area contributed by atoms with E-state index in [0.717, 1.165) is 4.31 Å². The Morgan fingerprint density at radius 1 is 1.06 bits per heavy atom. The summed E-state index contributed by atoms with van der Waals surface area (Å²) < 4.78 is 28.2. The number of benzene rings is 1. The van der Waals surface area contributed by atoms with E-state index in [2.05, 4.69) is 25.7 Å². The van der Waals surface area contributed by atoms with Crippen LogP contribution < -0.4 is 10.6 Å². The maximum Gasteiger partial charge on any atom is 0.252 e. The molecule has 0 aliphatic rings. The summed E-state index contributed by atoms with van der Waals surface area (Å²) in [6.45, 7) is 6.87. The summed E-state index contributed by atoms with van der Waals surface area (Å²) in [6.07, 6.45) is 3.12. The molecule has 0 spiro atoms. The van der Waals surface area contributed by atoms with Crippen molar-refractivity contribution in [1.82, 2.24) is 24.1 Å². The third kappa shape index (κ3) is 5.83. The molecular weight excluding hydrogens is 458 g/mol. The quantitative estimate of drug-likeness (QED) is 0.523. The van der Waals surface area contributed by atoms with Crippen LogP contribution in [0.3, 0.4) is 0 Å². The third-order valence-corrected chi connectivity index (χ3v) is 6.55. The fourth-order valence-corrected chi connectivity index (χ4v) is 4.08. The van der Waals surface area contributed by atoms with Crippen molar-refractivity contribution < 1.29 is 18.0 Å². The van der Waals surface area contributed by atoms with Gasteiger partial charge in [-0.1, -0.05) is 20.8 Å². The van der Waals surface area contributed by atoms with Crippen LogP contribution in [-0.2, 0) is 25.0 Å². The minimum absolute atomic E-state index is 0.00496. The number of amides is 2. The molecule has 2 heterocycles. The van der Waals surface area contributed by atoms with Gasteiger partial charge in [-0.15, -0.1) is 0 Å². The van der Waals surface area contributed by atoms with Gasteiger partial charge in [0.05, 0.1) is 17.1 Å². The molecule has 2 aromatic heterocycles. The Morgan fingerprint density at radius 3 is 2.24 bits per heavy atom. The second-order valence-electron chi connectivity index (χ2n) is 8.64. The molecular formula is C22H27N7O4S. The number of carbonyl (C=O) groups excluding carboxylic acids is 2. The molecule has 0 atom stereocenters. The summed E-state index contributed by atoms with van der Waals surface area (Å²) in [7, 11) is -2.62. The predicted octanol–water partition coefficient (Wildman–Crippen LogP) is 2.18. The van der Waals surface area contributed by atoms with Gasteiger partial charge in [-0.25, -0.2) is 18.4 Å². The predicted molar refractivity (Wildman–Crippen MR) is 127 cm³/mol. The second-order valence-corrected chi connectivity index (χ2v) is 10.7. The van der Waals surface area contributed by atoms with Crippen LogP contribution in [0.15, 0.2) is 53.7 Å². The normalized spacial score (nSPS) is 11.9. The van der Waals surface area contributed by atoms with Gasteiger partial charge in [0.2, 0.25) is 21.8 Å². The van der Waals surface area contributed by atoms with Crippen molar-refractivity contribution in [2.75, 3.05) is 24.2 Å². The van der Waals surface area contributed by atoms with E-state index in [1.54, 1.807) is 24.5 Å². The van der Waals surface area contributed by atoms with Gasteiger partial charge in [-0.2, -0.15) is 14.1 Å². The number of rotatable bonds is 7. The van der Waals surface area contributed by atoms with Crippen LogP contribution in [0.25, 0.3) is 5.95 Å². The van der Waals surface area contributed by atoms with Gasteiger partial charge >= 0.3 is 0 Å². The number of aromatic nitrogens is 4. The van der Waals surface area contributed by atoms with Crippen molar-refractivity contribution >= 4 is 33.3 Å². The molecule has 0 aliphatic heterocycles. The highest BCUT2D eigenvalue weighted by Gasteiger charge is 2.25. The number of hydrogen-bond donors (Lipinski definition) is 2. The number of likely N-dealkylation sites (N-methyl/N-ethyl adjacent to an activating group) is 1. The number of sulfonamides is 1. The smallest absolute Gasteiger partial charge is 0.252 e. The average Bonchev–Trinajstić information content (AvgIpc) is 3.18. The van der Waals surface area contributed by atoms with Gasteiger partial charge in [-0.3, -0.25) is 9.59 Å². The van der Waals surface area contributed by atoms with Crippen molar-refractivity contribution in [3.8, 4) is 5.95 Å². The second kappa shape index (κ2) is 9.69. The van der Waals surface area contributed by atoms with E-state index in [0.29, 0.717) is 17.2 Å². The van der Waals surface area contributed by atoms with Crippen LogP contribution in [-0.4, -0.2) is 57.9 Å². The lowest BCUT2D eigenvalue weighted by Crippen LogP contribution is -2.35. The number of anilines is 2. The summed E-state index contributed by atoms with van der Waals surface area (Å²) >= 11 is 0. The van der Waals surface area contributed by atoms with E-state index in [9.17, 15) is 18.0 Å². The summed E-state index contributed by atoms with van der Waals surface area (Å²) in [5.74, 6) is -0.224. The highest BCUT2D eigenvalue weighted by atomic mass is 32.2. The van der Waals surface area contributed by atoms with Crippen molar-refractivity contribution in [1.29, 1.82) is 0 Å². The topological polar surface area (TPSA) is 139 Å². The van der Waals surface area contributed by atoms with Crippen molar-refractivity contribution in [2.24, 2.45) is 0 Å². The standard InChI is InChI=1S/C22H27N7O4S/c1-15(30)25-16-7-9-17(10-8-16)34(32,33)28(5)14-20(31)26-19-13-18(22(2,3)4)27-29(19)21-23-11-6-12-24-21/h6-13H,14H2,1-5H3,(H,25,30)(H,26,31). The van der Waals surface area contributed by atoms with Gasteiger partial charge < -0.3 is 10.6 Å². The van der Waals surface area contributed by atoms with E-state index in [1.165, 1.54) is 42.9 Å². The fourth-order valence-electron chi connectivity index (χ4n) is 2.95. The first-order chi connectivity index (χ1) is 15.9. The number of hydrogen-bond acceptors (Lipinski definition) is 7. The first kappa shape index (κ1) is 25.0. The molecule has 180 valence electrons. The molecule has 0 saturated heterocycles. The van der Waals surface area contributed by atoms with Gasteiger partial charge in [0, 0.05) is 43.5 Å². The van der Waals surface area contributed by atoms with E-state index < -0.39 is 22.5 Å². The molecule has 2 N–H and O–H groups in total. The van der Waals surface area contributed by atoms with E-state index >= 15 is 0 Å². The molecule has 2 amide bonds. The molecule has 1 aromatic carbocycles. The molecule has 0 radical (unpaired) electrons. The molecule has 0 bridgehead atoms. The molecule has 34 heavy (non-hydrogen) atoms. The Kier molecular flexibility index (Phi) is 7.12. The molecule has 11 nitrogen and oxygen atoms in total. The molecule has 3 aromatic rings. The van der Waals surface area contributed by atoms with Crippen LogP contribution in [0.4, 0.5) is 11.5 Å². The summed E-state index contributed by atoms with van der Waals surface area (Å²) in [5, 5.41) is 9.81. The molecule has 0 saturated carbocycles. The van der Waals surface area contributed by atoms with Gasteiger partial charge in [-0.05, 0) is 30.3 Å². The number of nitrogens with zero attached hydrogens (tertiary/aromatic N) is 5. The molecule has 12 heteroatoms. The molecule has 0 aliphatic carbocycles. The summed E-state index contributed by atoms with van der Waals surface area (Å²) in [6, 6.07) is 9.07. The maximum absolute atomic E-state index is 12.9. The van der Waals surface area contributed by atoms with Crippen LogP contribution in [0.1, 0.15) is 33.4 Å². The Labute approximate surface area is 198 Å². The van der Waals surface area contributed by atoms with Crippen molar-refractivity contribution in [3.63, 3.8) is 0 Å². The van der Waals surface area contributed by atoms with E-state index in [-0.39, 0.29) is 22.2 Å². The SMILES string of the molecule is CC(=O)Nc1ccc(S(=O)(=O)N(C)CC(=O)Nc2cc(C(C)(C)C)nn2-c2ncccn2)cc1. The lowest BCUT2D eigenvalue weighted by atomic mass is 9.92. The number of carbonyl (C=O) groups is 2. The van der Waals surface area contributed by atoms with Crippen molar-refractivity contribution in [2.45, 2.75) is 38.0 Å². The highest BCUT2D eigenvalue weighted by molar-refractivity contribution is 7.89. The Balaban J connectivity index is 1.78. The summed E-state index contributed by atoms with van der Waals surface area (Å²) in [5.41, 5.74) is 0.872. The monoisotopic (exact) mass is 485 g/mol. The van der Waals surface area contributed by atoms with Crippen LogP contribution in [0.2, 0.25) is 0 Å². The third-order valence-electron chi connectivity index (χ3n) is 4.74. The van der Waals surface area contributed by atoms with Crippen LogP contribution in [0.5, 0.6) is 0 Å². The minimum Gasteiger partial charge on any atom is -0.326 e. The largest absolute Gasteiger partial charge is 0.326 e. The summed E-state index contributed by atoms with van der Waals surface area (Å²) in [4.78, 5) is 32.3. The zero-order valence-corrected chi connectivity index (χ0v) is 20.4. The number of nitrogens with one attached hydrogen (secondary N) is 2. The fraction of sp³-hybridized carbons (Fsp3) is 0.318. The maximum atomic E-state index is 12.9. The Morgan fingerprint density at radius 2 is 1.68 bits per heavy atom.